The maximum absolute atomic E-state index is 11.8. The molecule has 1 amide bonds. The van der Waals surface area contributed by atoms with Crippen molar-refractivity contribution in [1.82, 2.24) is 14.6 Å². The van der Waals surface area contributed by atoms with E-state index in [0.29, 0.717) is 6.67 Å². The number of aromatic hydroxyl groups is 1. The number of carbonyl (C=O) groups excluding carboxylic acids is 1. The summed E-state index contributed by atoms with van der Waals surface area (Å²) in [5, 5.41) is 12.6. The van der Waals surface area contributed by atoms with Crippen molar-refractivity contribution >= 4 is 11.6 Å². The van der Waals surface area contributed by atoms with Crippen molar-refractivity contribution in [3.63, 3.8) is 0 Å². The van der Waals surface area contributed by atoms with Gasteiger partial charge in [-0.1, -0.05) is 0 Å². The van der Waals surface area contributed by atoms with Crippen LogP contribution in [0.3, 0.4) is 0 Å². The third kappa shape index (κ3) is 1.25. The van der Waals surface area contributed by atoms with Crippen LogP contribution in [0, 0.1) is 0 Å². The zero-order chi connectivity index (χ0) is 12.0. The average Bonchev–Trinajstić information content (AvgIpc) is 2.23. The molecule has 0 bridgehead atoms. The summed E-state index contributed by atoms with van der Waals surface area (Å²) in [6.45, 7) is 0.343. The Morgan fingerprint density at radius 3 is 2.62 bits per heavy atom. The Balaban J connectivity index is 2.72. The van der Waals surface area contributed by atoms with Crippen LogP contribution in [0.1, 0.15) is 10.5 Å². The molecule has 0 aromatic carbocycles. The molecule has 7 heteroatoms. The Hall–Kier alpha value is -2.02. The van der Waals surface area contributed by atoms with Gasteiger partial charge in [-0.05, 0) is 0 Å². The van der Waals surface area contributed by atoms with Crippen molar-refractivity contribution < 1.29 is 9.90 Å². The van der Waals surface area contributed by atoms with Gasteiger partial charge in [0.1, 0.15) is 5.69 Å². The first-order valence-electron chi connectivity index (χ1n) is 4.64. The van der Waals surface area contributed by atoms with E-state index in [-0.39, 0.29) is 11.4 Å². The van der Waals surface area contributed by atoms with E-state index in [0.717, 1.165) is 0 Å². The average molecular weight is 224 g/mol. The van der Waals surface area contributed by atoms with Crippen LogP contribution in [-0.2, 0) is 6.67 Å². The molecular weight excluding hydrogens is 212 g/mol. The molecule has 0 spiro atoms. The maximum atomic E-state index is 11.8. The number of hydrogen-bond acceptors (Lipinski definition) is 5. The molecule has 0 atom stereocenters. The minimum absolute atomic E-state index is 0.0280. The number of amides is 1. The van der Waals surface area contributed by atoms with Gasteiger partial charge in [0.2, 0.25) is 5.43 Å². The van der Waals surface area contributed by atoms with E-state index in [9.17, 15) is 14.7 Å². The lowest BCUT2D eigenvalue weighted by molar-refractivity contribution is -0.00993. The van der Waals surface area contributed by atoms with Gasteiger partial charge in [0.15, 0.2) is 11.4 Å². The van der Waals surface area contributed by atoms with Gasteiger partial charge in [0.25, 0.3) is 5.91 Å². The number of rotatable bonds is 0. The lowest BCUT2D eigenvalue weighted by Crippen LogP contribution is -2.48. The number of hydrogen-bond donors (Lipinski definition) is 2. The number of nitrogen functional groups attached to an aromatic ring is 1. The molecule has 0 fully saturated rings. The standard InChI is InChI=1S/C9H12N4O3/c1-11-4-13-3-5(10)7(14)8(15)6(13)9(16)12(11)2/h3,15H,4,10H2,1-2H3. The van der Waals surface area contributed by atoms with Crippen molar-refractivity contribution in [3.05, 3.63) is 22.1 Å². The van der Waals surface area contributed by atoms with Crippen LogP contribution < -0.4 is 11.2 Å². The molecular formula is C9H12N4O3. The molecule has 0 saturated heterocycles. The first-order chi connectivity index (χ1) is 7.43. The minimum atomic E-state index is -0.711. The van der Waals surface area contributed by atoms with Gasteiger partial charge in [-0.25, -0.2) is 5.01 Å². The number of fused-ring (bicyclic) bond motifs is 1. The second-order valence-electron chi connectivity index (χ2n) is 3.71. The normalized spacial score (nSPS) is 16.4. The summed E-state index contributed by atoms with van der Waals surface area (Å²) in [7, 11) is 3.28. The molecule has 86 valence electrons. The van der Waals surface area contributed by atoms with Gasteiger partial charge in [-0.15, -0.1) is 0 Å². The van der Waals surface area contributed by atoms with E-state index in [4.69, 9.17) is 5.73 Å². The molecule has 2 rings (SSSR count). The lowest BCUT2D eigenvalue weighted by Gasteiger charge is -2.35. The fraction of sp³-hybridized carbons (Fsp3) is 0.333. The van der Waals surface area contributed by atoms with Gasteiger partial charge in [0, 0.05) is 20.3 Å². The number of nitrogens with two attached hydrogens (primary N) is 1. The Morgan fingerprint density at radius 1 is 1.38 bits per heavy atom. The van der Waals surface area contributed by atoms with Crippen LogP contribution in [0.15, 0.2) is 11.0 Å². The first-order valence-corrected chi connectivity index (χ1v) is 4.64. The van der Waals surface area contributed by atoms with Crippen molar-refractivity contribution in [1.29, 1.82) is 0 Å². The third-order valence-electron chi connectivity index (χ3n) is 2.65. The van der Waals surface area contributed by atoms with Crippen LogP contribution in [0.2, 0.25) is 0 Å². The highest BCUT2D eigenvalue weighted by Crippen LogP contribution is 2.21. The zero-order valence-electron chi connectivity index (χ0n) is 8.97. The van der Waals surface area contributed by atoms with Crippen LogP contribution in [0.25, 0.3) is 0 Å². The number of pyridine rings is 1. The fourth-order valence-corrected chi connectivity index (χ4v) is 1.63. The smallest absolute Gasteiger partial charge is 0.288 e. The fourth-order valence-electron chi connectivity index (χ4n) is 1.63. The van der Waals surface area contributed by atoms with E-state index < -0.39 is 17.1 Å². The summed E-state index contributed by atoms with van der Waals surface area (Å²) in [5.74, 6) is -1.03. The number of anilines is 1. The predicted octanol–water partition coefficient (Wildman–Crippen LogP) is -0.974. The van der Waals surface area contributed by atoms with Gasteiger partial charge in [-0.3, -0.25) is 14.6 Å². The van der Waals surface area contributed by atoms with E-state index in [2.05, 4.69) is 0 Å². The summed E-state index contributed by atoms with van der Waals surface area (Å²) in [6.07, 6.45) is 1.36. The van der Waals surface area contributed by atoms with Gasteiger partial charge in [0.05, 0.1) is 6.67 Å². The van der Waals surface area contributed by atoms with E-state index in [1.807, 2.05) is 0 Å². The Labute approximate surface area is 91.3 Å². The summed E-state index contributed by atoms with van der Waals surface area (Å²) in [5.41, 5.74) is 4.62. The van der Waals surface area contributed by atoms with Crippen molar-refractivity contribution in [3.8, 4) is 5.75 Å². The van der Waals surface area contributed by atoms with Gasteiger partial charge >= 0.3 is 0 Å². The molecule has 7 nitrogen and oxygen atoms in total. The maximum Gasteiger partial charge on any atom is 0.288 e. The second kappa shape index (κ2) is 3.24. The predicted molar refractivity (Wildman–Crippen MR) is 56.6 cm³/mol. The Kier molecular flexibility index (Phi) is 2.13. The minimum Gasteiger partial charge on any atom is -0.502 e. The first kappa shape index (κ1) is 10.5. The Morgan fingerprint density at radius 2 is 2.00 bits per heavy atom. The molecule has 0 unspecified atom stereocenters. The second-order valence-corrected chi connectivity index (χ2v) is 3.71. The van der Waals surface area contributed by atoms with Gasteiger partial charge in [-0.2, -0.15) is 0 Å². The Bertz CT molecular complexity index is 522. The molecule has 1 aromatic heterocycles. The van der Waals surface area contributed by atoms with E-state index in [1.54, 1.807) is 19.1 Å². The SMILES string of the molecule is CN1Cn2cc(N)c(=O)c(O)c2C(=O)N1C. The summed E-state index contributed by atoms with van der Waals surface area (Å²) in [6, 6.07) is 0. The summed E-state index contributed by atoms with van der Waals surface area (Å²) < 4.78 is 1.45. The van der Waals surface area contributed by atoms with Crippen molar-refractivity contribution in [2.24, 2.45) is 0 Å². The highest BCUT2D eigenvalue weighted by Gasteiger charge is 2.29. The van der Waals surface area contributed by atoms with Gasteiger partial charge < -0.3 is 15.4 Å². The topological polar surface area (TPSA) is 91.8 Å². The summed E-state index contributed by atoms with van der Waals surface area (Å²) >= 11 is 0. The molecule has 16 heavy (non-hydrogen) atoms. The van der Waals surface area contributed by atoms with Crippen LogP contribution in [0.5, 0.6) is 5.75 Å². The number of hydrazine groups is 1. The van der Waals surface area contributed by atoms with Crippen LogP contribution in [0.4, 0.5) is 5.69 Å². The zero-order valence-corrected chi connectivity index (χ0v) is 8.97. The molecule has 0 saturated carbocycles. The van der Waals surface area contributed by atoms with Crippen LogP contribution >= 0.6 is 0 Å². The molecule has 0 aliphatic carbocycles. The number of aromatic nitrogens is 1. The number of carbonyl (C=O) groups is 1. The van der Waals surface area contributed by atoms with Crippen molar-refractivity contribution in [2.45, 2.75) is 6.67 Å². The third-order valence-corrected chi connectivity index (χ3v) is 2.65. The molecule has 1 aliphatic rings. The molecule has 2 heterocycles. The highest BCUT2D eigenvalue weighted by atomic mass is 16.3. The number of nitrogens with zero attached hydrogens (tertiary/aromatic N) is 3. The van der Waals surface area contributed by atoms with E-state index in [1.165, 1.54) is 15.8 Å². The molecule has 1 aliphatic heterocycles. The molecule has 1 aromatic rings. The van der Waals surface area contributed by atoms with Crippen LogP contribution in [-0.4, -0.2) is 39.7 Å². The van der Waals surface area contributed by atoms with E-state index >= 15 is 0 Å². The highest BCUT2D eigenvalue weighted by molar-refractivity contribution is 5.95. The quantitative estimate of drug-likeness (QED) is 0.591. The summed E-state index contributed by atoms with van der Waals surface area (Å²) in [4.78, 5) is 23.2. The molecule has 0 radical (unpaired) electrons. The molecule has 3 N–H and O–H groups in total. The van der Waals surface area contributed by atoms with Crippen molar-refractivity contribution in [2.75, 3.05) is 19.8 Å². The monoisotopic (exact) mass is 224 g/mol. The largest absolute Gasteiger partial charge is 0.502 e. The lowest BCUT2D eigenvalue weighted by atomic mass is 10.2.